The van der Waals surface area contributed by atoms with Crippen LogP contribution in [0.15, 0.2) is 42.6 Å². The molecule has 0 saturated carbocycles. The first kappa shape index (κ1) is 20.2. The summed E-state index contributed by atoms with van der Waals surface area (Å²) in [5, 5.41) is 5.24. The minimum atomic E-state index is -4.49. The lowest BCUT2D eigenvalue weighted by atomic mass is 10.2. The summed E-state index contributed by atoms with van der Waals surface area (Å²) >= 11 is 0. The monoisotopic (exact) mass is 381 g/mol. The first-order chi connectivity index (χ1) is 12.8. The van der Waals surface area contributed by atoms with Gasteiger partial charge in [0.25, 0.3) is 5.91 Å². The Kier molecular flexibility index (Phi) is 6.75. The minimum Gasteiger partial charge on any atom is -0.452 e. The average molecular weight is 381 g/mol. The number of rotatable bonds is 7. The number of nitrogens with one attached hydrogen (secondary N) is 2. The van der Waals surface area contributed by atoms with Gasteiger partial charge in [0.2, 0.25) is 0 Å². The molecule has 0 aliphatic heterocycles. The Bertz CT molecular complexity index is 810. The van der Waals surface area contributed by atoms with Crippen molar-refractivity contribution in [3.8, 4) is 0 Å². The number of halogens is 3. The second kappa shape index (κ2) is 9.02. The van der Waals surface area contributed by atoms with E-state index in [1.807, 2.05) is 6.92 Å². The van der Waals surface area contributed by atoms with E-state index < -0.39 is 30.2 Å². The maximum Gasteiger partial charge on any atom is 0.416 e. The van der Waals surface area contributed by atoms with Crippen LogP contribution in [0.5, 0.6) is 0 Å². The molecule has 0 bridgehead atoms. The third-order valence-electron chi connectivity index (χ3n) is 3.39. The molecule has 0 unspecified atom stereocenters. The maximum absolute atomic E-state index is 12.8. The zero-order valence-corrected chi connectivity index (χ0v) is 14.5. The molecule has 6 nitrogen and oxygen atoms in total. The Morgan fingerprint density at radius 3 is 2.67 bits per heavy atom. The van der Waals surface area contributed by atoms with Crippen molar-refractivity contribution < 1.29 is 27.5 Å². The standard InChI is InChI=1S/C18H18F3N3O3/c1-2-8-22-15(25)11-27-17(26)14-7-4-9-23-16(14)24-13-6-3-5-12(10-13)18(19,20)21/h3-7,9-10H,2,8,11H2,1H3,(H,22,25)(H,23,24). The Morgan fingerprint density at radius 1 is 1.19 bits per heavy atom. The van der Waals surface area contributed by atoms with Gasteiger partial charge in [-0.3, -0.25) is 4.79 Å². The molecule has 2 rings (SSSR count). The zero-order valence-electron chi connectivity index (χ0n) is 14.5. The van der Waals surface area contributed by atoms with Crippen LogP contribution in [0.1, 0.15) is 29.3 Å². The number of carbonyl (C=O) groups is 2. The van der Waals surface area contributed by atoms with Gasteiger partial charge >= 0.3 is 12.1 Å². The van der Waals surface area contributed by atoms with E-state index in [0.717, 1.165) is 18.6 Å². The summed E-state index contributed by atoms with van der Waals surface area (Å²) in [6.07, 6.45) is -2.37. The SMILES string of the molecule is CCCNC(=O)COC(=O)c1cccnc1Nc1cccc(C(F)(F)F)c1. The van der Waals surface area contributed by atoms with Gasteiger partial charge in [-0.15, -0.1) is 0 Å². The van der Waals surface area contributed by atoms with Crippen molar-refractivity contribution in [1.82, 2.24) is 10.3 Å². The highest BCUT2D eigenvalue weighted by Crippen LogP contribution is 2.31. The fraction of sp³-hybridized carbons (Fsp3) is 0.278. The summed E-state index contributed by atoms with van der Waals surface area (Å²) < 4.78 is 43.4. The molecular formula is C18H18F3N3O3. The van der Waals surface area contributed by atoms with Gasteiger partial charge in [-0.05, 0) is 36.8 Å². The predicted octanol–water partition coefficient (Wildman–Crippen LogP) is 3.53. The van der Waals surface area contributed by atoms with Crippen molar-refractivity contribution in [3.05, 3.63) is 53.7 Å². The highest BCUT2D eigenvalue weighted by atomic mass is 19.4. The van der Waals surface area contributed by atoms with Crippen LogP contribution in [0.3, 0.4) is 0 Å². The first-order valence-electron chi connectivity index (χ1n) is 8.14. The number of anilines is 2. The number of hydrogen-bond acceptors (Lipinski definition) is 5. The molecule has 0 aliphatic carbocycles. The molecule has 2 aromatic rings. The van der Waals surface area contributed by atoms with Crippen LogP contribution >= 0.6 is 0 Å². The second-order valence-corrected chi connectivity index (χ2v) is 5.53. The maximum atomic E-state index is 12.8. The van der Waals surface area contributed by atoms with Gasteiger partial charge in [-0.25, -0.2) is 9.78 Å². The Balaban J connectivity index is 2.12. The quantitative estimate of drug-likeness (QED) is 0.718. The van der Waals surface area contributed by atoms with Crippen molar-refractivity contribution in [2.75, 3.05) is 18.5 Å². The molecule has 1 aromatic carbocycles. The molecule has 0 radical (unpaired) electrons. The number of pyridine rings is 1. The highest BCUT2D eigenvalue weighted by Gasteiger charge is 2.30. The van der Waals surface area contributed by atoms with Gasteiger partial charge in [0.1, 0.15) is 11.4 Å². The van der Waals surface area contributed by atoms with Crippen molar-refractivity contribution in [1.29, 1.82) is 0 Å². The summed E-state index contributed by atoms with van der Waals surface area (Å²) in [6, 6.07) is 7.37. The molecular weight excluding hydrogens is 363 g/mol. The summed E-state index contributed by atoms with van der Waals surface area (Å²) in [7, 11) is 0. The molecule has 0 saturated heterocycles. The lowest BCUT2D eigenvalue weighted by Gasteiger charge is -2.12. The molecule has 2 N–H and O–H groups in total. The molecule has 144 valence electrons. The molecule has 0 fully saturated rings. The number of benzene rings is 1. The van der Waals surface area contributed by atoms with Crippen LogP contribution in [0.25, 0.3) is 0 Å². The molecule has 0 atom stereocenters. The number of nitrogens with zero attached hydrogens (tertiary/aromatic N) is 1. The topological polar surface area (TPSA) is 80.3 Å². The number of alkyl halides is 3. The number of amides is 1. The lowest BCUT2D eigenvalue weighted by Crippen LogP contribution is -2.29. The molecule has 27 heavy (non-hydrogen) atoms. The summed E-state index contributed by atoms with van der Waals surface area (Å²) in [5.41, 5.74) is -0.725. The highest BCUT2D eigenvalue weighted by molar-refractivity contribution is 5.96. The van der Waals surface area contributed by atoms with Gasteiger partial charge in [-0.1, -0.05) is 13.0 Å². The molecule has 1 heterocycles. The van der Waals surface area contributed by atoms with Crippen molar-refractivity contribution in [2.24, 2.45) is 0 Å². The van der Waals surface area contributed by atoms with Gasteiger partial charge in [0, 0.05) is 18.4 Å². The summed E-state index contributed by atoms with van der Waals surface area (Å²) in [5.74, 6) is -1.23. The van der Waals surface area contributed by atoms with Crippen LogP contribution in [0.4, 0.5) is 24.7 Å². The largest absolute Gasteiger partial charge is 0.452 e. The predicted molar refractivity (Wildman–Crippen MR) is 92.5 cm³/mol. The van der Waals surface area contributed by atoms with Crippen LogP contribution in [0.2, 0.25) is 0 Å². The zero-order chi connectivity index (χ0) is 19.9. The van der Waals surface area contributed by atoms with E-state index >= 15 is 0 Å². The van der Waals surface area contributed by atoms with Crippen molar-refractivity contribution >= 4 is 23.4 Å². The van der Waals surface area contributed by atoms with Crippen LogP contribution < -0.4 is 10.6 Å². The minimum absolute atomic E-state index is 0.00166. The molecule has 9 heteroatoms. The van der Waals surface area contributed by atoms with E-state index in [-0.39, 0.29) is 17.1 Å². The van der Waals surface area contributed by atoms with Crippen LogP contribution in [-0.2, 0) is 15.7 Å². The fourth-order valence-electron chi connectivity index (χ4n) is 2.10. The number of esters is 1. The second-order valence-electron chi connectivity index (χ2n) is 5.53. The molecule has 0 spiro atoms. The van der Waals surface area contributed by atoms with Gasteiger partial charge in [0.05, 0.1) is 5.56 Å². The number of ether oxygens (including phenoxy) is 1. The number of carbonyl (C=O) groups excluding carboxylic acids is 2. The third kappa shape index (κ3) is 5.98. The van der Waals surface area contributed by atoms with Crippen LogP contribution in [0, 0.1) is 0 Å². The Morgan fingerprint density at radius 2 is 1.96 bits per heavy atom. The summed E-state index contributed by atoms with van der Waals surface area (Å²) in [4.78, 5) is 27.7. The average Bonchev–Trinajstić information content (AvgIpc) is 2.64. The van der Waals surface area contributed by atoms with Gasteiger partial charge in [-0.2, -0.15) is 13.2 Å². The molecule has 0 aliphatic rings. The third-order valence-corrected chi connectivity index (χ3v) is 3.39. The first-order valence-corrected chi connectivity index (χ1v) is 8.14. The van der Waals surface area contributed by atoms with Crippen molar-refractivity contribution in [2.45, 2.75) is 19.5 Å². The molecule has 1 amide bonds. The summed E-state index contributed by atoms with van der Waals surface area (Å²) in [6.45, 7) is 1.88. The van der Waals surface area contributed by atoms with E-state index in [1.165, 1.54) is 30.5 Å². The smallest absolute Gasteiger partial charge is 0.416 e. The Labute approximate surface area is 153 Å². The van der Waals surface area contributed by atoms with E-state index in [0.29, 0.717) is 6.54 Å². The number of hydrogen-bond donors (Lipinski definition) is 2. The number of aromatic nitrogens is 1. The van der Waals surface area contributed by atoms with Gasteiger partial charge in [0.15, 0.2) is 6.61 Å². The van der Waals surface area contributed by atoms with E-state index in [1.54, 1.807) is 0 Å². The van der Waals surface area contributed by atoms with E-state index in [4.69, 9.17) is 4.74 Å². The van der Waals surface area contributed by atoms with Crippen molar-refractivity contribution in [3.63, 3.8) is 0 Å². The van der Waals surface area contributed by atoms with E-state index in [9.17, 15) is 22.8 Å². The normalized spacial score (nSPS) is 11.0. The van der Waals surface area contributed by atoms with Crippen LogP contribution in [-0.4, -0.2) is 30.0 Å². The van der Waals surface area contributed by atoms with E-state index in [2.05, 4.69) is 15.6 Å². The molecule has 1 aromatic heterocycles. The lowest BCUT2D eigenvalue weighted by molar-refractivity contribution is -0.137. The fourth-order valence-corrected chi connectivity index (χ4v) is 2.10. The Hall–Kier alpha value is -3.10. The van der Waals surface area contributed by atoms with Gasteiger partial charge < -0.3 is 15.4 Å².